The standard InChI is InChI=1S/C4H10O2S2/c1-2(7)3(8)4(5)6/h2-8H,1H3. The maximum atomic E-state index is 8.42. The molecule has 0 rings (SSSR count). The number of thiol groups is 2. The van der Waals surface area contributed by atoms with Gasteiger partial charge in [-0.3, -0.25) is 0 Å². The summed E-state index contributed by atoms with van der Waals surface area (Å²) in [6.45, 7) is 1.75. The van der Waals surface area contributed by atoms with Gasteiger partial charge in [0.05, 0.1) is 5.25 Å². The van der Waals surface area contributed by atoms with Gasteiger partial charge in [0.15, 0.2) is 6.29 Å². The molecule has 50 valence electrons. The largest absolute Gasteiger partial charge is 0.367 e. The van der Waals surface area contributed by atoms with E-state index in [0.717, 1.165) is 0 Å². The molecular formula is C4H10O2S2. The van der Waals surface area contributed by atoms with Crippen molar-refractivity contribution in [2.24, 2.45) is 0 Å². The number of hydrogen-bond acceptors (Lipinski definition) is 4. The molecule has 0 aromatic heterocycles. The summed E-state index contributed by atoms with van der Waals surface area (Å²) in [4.78, 5) is 0. The first-order chi connectivity index (χ1) is 3.55. The molecule has 4 heteroatoms. The number of aliphatic hydroxyl groups is 2. The van der Waals surface area contributed by atoms with Crippen LogP contribution in [0.2, 0.25) is 0 Å². The first kappa shape index (κ1) is 8.62. The lowest BCUT2D eigenvalue weighted by molar-refractivity contribution is -0.0389. The fraction of sp³-hybridized carbons (Fsp3) is 1.00. The molecule has 0 spiro atoms. The molecule has 0 bridgehead atoms. The van der Waals surface area contributed by atoms with Crippen LogP contribution in [0.25, 0.3) is 0 Å². The molecule has 2 atom stereocenters. The van der Waals surface area contributed by atoms with Gasteiger partial charge in [-0.15, -0.1) is 0 Å². The maximum Gasteiger partial charge on any atom is 0.164 e. The molecule has 0 aromatic carbocycles. The van der Waals surface area contributed by atoms with Gasteiger partial charge >= 0.3 is 0 Å². The van der Waals surface area contributed by atoms with Gasteiger partial charge in [0.1, 0.15) is 0 Å². The Balaban J connectivity index is 3.46. The molecule has 0 aromatic rings. The highest BCUT2D eigenvalue weighted by molar-refractivity contribution is 7.85. The summed E-state index contributed by atoms with van der Waals surface area (Å²) >= 11 is 7.78. The van der Waals surface area contributed by atoms with Gasteiger partial charge in [0.2, 0.25) is 0 Å². The van der Waals surface area contributed by atoms with Crippen molar-refractivity contribution in [3.8, 4) is 0 Å². The molecule has 0 aliphatic heterocycles. The third-order valence-corrected chi connectivity index (χ3v) is 2.07. The molecule has 0 saturated heterocycles. The molecule has 2 nitrogen and oxygen atoms in total. The van der Waals surface area contributed by atoms with Crippen LogP contribution < -0.4 is 0 Å². The highest BCUT2D eigenvalue weighted by Gasteiger charge is 2.15. The number of hydrogen-bond donors (Lipinski definition) is 4. The molecule has 8 heavy (non-hydrogen) atoms. The van der Waals surface area contributed by atoms with Crippen LogP contribution >= 0.6 is 25.3 Å². The van der Waals surface area contributed by atoms with Crippen molar-refractivity contribution >= 4 is 25.3 Å². The van der Waals surface area contributed by atoms with E-state index in [1.165, 1.54) is 0 Å². The summed E-state index contributed by atoms with van der Waals surface area (Å²) in [5.41, 5.74) is 0. The van der Waals surface area contributed by atoms with Crippen LogP contribution in [0.3, 0.4) is 0 Å². The minimum Gasteiger partial charge on any atom is -0.367 e. The average molecular weight is 154 g/mol. The summed E-state index contributed by atoms with van der Waals surface area (Å²) in [6.07, 6.45) is -1.37. The quantitative estimate of drug-likeness (QED) is 0.332. The van der Waals surface area contributed by atoms with E-state index >= 15 is 0 Å². The van der Waals surface area contributed by atoms with E-state index in [4.69, 9.17) is 10.2 Å². The molecule has 0 fully saturated rings. The lowest BCUT2D eigenvalue weighted by atomic mass is 10.3. The van der Waals surface area contributed by atoms with Crippen LogP contribution in [0.5, 0.6) is 0 Å². The van der Waals surface area contributed by atoms with Crippen molar-refractivity contribution in [1.29, 1.82) is 0 Å². The van der Waals surface area contributed by atoms with Crippen molar-refractivity contribution in [2.75, 3.05) is 0 Å². The molecule has 0 aliphatic carbocycles. The highest BCUT2D eigenvalue weighted by Crippen LogP contribution is 2.10. The van der Waals surface area contributed by atoms with E-state index in [-0.39, 0.29) is 5.25 Å². The van der Waals surface area contributed by atoms with Gasteiger partial charge in [-0.05, 0) is 0 Å². The molecule has 0 heterocycles. The molecule has 0 aliphatic rings. The van der Waals surface area contributed by atoms with Gasteiger partial charge in [0.25, 0.3) is 0 Å². The molecular weight excluding hydrogens is 144 g/mol. The Bertz CT molecular complexity index is 57.1. The van der Waals surface area contributed by atoms with Crippen LogP contribution in [0, 0.1) is 0 Å². The molecule has 2 unspecified atom stereocenters. The summed E-state index contributed by atoms with van der Waals surface area (Å²) in [5, 5.41) is 16.3. The van der Waals surface area contributed by atoms with Gasteiger partial charge in [-0.2, -0.15) is 25.3 Å². The third-order valence-electron chi connectivity index (χ3n) is 0.800. The van der Waals surface area contributed by atoms with E-state index in [2.05, 4.69) is 25.3 Å². The fourth-order valence-corrected chi connectivity index (χ4v) is 0.403. The summed E-state index contributed by atoms with van der Waals surface area (Å²) in [6, 6.07) is 0. The normalized spacial score (nSPS) is 18.8. The van der Waals surface area contributed by atoms with Crippen molar-refractivity contribution in [3.05, 3.63) is 0 Å². The van der Waals surface area contributed by atoms with Crippen LogP contribution in [0.4, 0.5) is 0 Å². The van der Waals surface area contributed by atoms with Gasteiger partial charge in [-0.1, -0.05) is 6.92 Å². The van der Waals surface area contributed by atoms with E-state index in [9.17, 15) is 0 Å². The predicted molar refractivity (Wildman–Crippen MR) is 39.4 cm³/mol. The topological polar surface area (TPSA) is 40.5 Å². The molecule has 0 radical (unpaired) electrons. The van der Waals surface area contributed by atoms with E-state index < -0.39 is 11.5 Å². The van der Waals surface area contributed by atoms with Gasteiger partial charge in [-0.25, -0.2) is 0 Å². The second-order valence-electron chi connectivity index (χ2n) is 1.64. The zero-order valence-corrected chi connectivity index (χ0v) is 6.31. The van der Waals surface area contributed by atoms with Crippen LogP contribution in [-0.4, -0.2) is 27.0 Å². The Hall–Kier alpha value is 0.620. The summed E-state index contributed by atoms with van der Waals surface area (Å²) in [7, 11) is 0. The predicted octanol–water partition coefficient (Wildman–Crippen LogP) is -0.0862. The zero-order valence-electron chi connectivity index (χ0n) is 4.52. The van der Waals surface area contributed by atoms with Crippen molar-refractivity contribution < 1.29 is 10.2 Å². The Labute approximate surface area is 59.7 Å². The number of aliphatic hydroxyl groups excluding tert-OH is 1. The maximum absolute atomic E-state index is 8.42. The van der Waals surface area contributed by atoms with Crippen LogP contribution in [0.1, 0.15) is 6.92 Å². The molecule has 0 saturated carbocycles. The second-order valence-corrected chi connectivity index (χ2v) is 3.06. The van der Waals surface area contributed by atoms with E-state index in [1.54, 1.807) is 6.92 Å². The van der Waals surface area contributed by atoms with Gasteiger partial charge < -0.3 is 10.2 Å². The average Bonchev–Trinajstić information content (AvgIpc) is 1.64. The minimum atomic E-state index is -1.37. The summed E-state index contributed by atoms with van der Waals surface area (Å²) < 4.78 is 0. The van der Waals surface area contributed by atoms with Crippen LogP contribution in [0.15, 0.2) is 0 Å². The monoisotopic (exact) mass is 154 g/mol. The Morgan fingerprint density at radius 2 is 1.62 bits per heavy atom. The first-order valence-corrected chi connectivity index (χ1v) is 3.31. The van der Waals surface area contributed by atoms with E-state index in [0.29, 0.717) is 0 Å². The summed E-state index contributed by atoms with van der Waals surface area (Å²) in [5.74, 6) is 0. The lowest BCUT2D eigenvalue weighted by Crippen LogP contribution is -2.27. The van der Waals surface area contributed by atoms with Crippen LogP contribution in [-0.2, 0) is 0 Å². The van der Waals surface area contributed by atoms with Crippen molar-refractivity contribution in [2.45, 2.75) is 23.7 Å². The Morgan fingerprint density at radius 3 is 1.62 bits per heavy atom. The third kappa shape index (κ3) is 2.81. The van der Waals surface area contributed by atoms with E-state index in [1.807, 2.05) is 0 Å². The molecule has 0 amide bonds. The van der Waals surface area contributed by atoms with Gasteiger partial charge in [0, 0.05) is 5.25 Å². The first-order valence-electron chi connectivity index (χ1n) is 2.28. The Morgan fingerprint density at radius 1 is 1.25 bits per heavy atom. The molecule has 2 N–H and O–H groups in total. The number of rotatable bonds is 2. The van der Waals surface area contributed by atoms with Crippen molar-refractivity contribution in [1.82, 2.24) is 0 Å². The SMILES string of the molecule is CC(S)C(S)C(O)O. The van der Waals surface area contributed by atoms with Crippen molar-refractivity contribution in [3.63, 3.8) is 0 Å². The fourth-order valence-electron chi connectivity index (χ4n) is 0.249. The minimum absolute atomic E-state index is 0.0988. The lowest BCUT2D eigenvalue weighted by Gasteiger charge is -2.14. The smallest absolute Gasteiger partial charge is 0.164 e. The highest BCUT2D eigenvalue weighted by atomic mass is 32.1. The second kappa shape index (κ2) is 3.61. The Kier molecular flexibility index (Phi) is 3.89. The zero-order chi connectivity index (χ0) is 6.73.